The lowest BCUT2D eigenvalue weighted by atomic mass is 10.0. The summed E-state index contributed by atoms with van der Waals surface area (Å²) in [6.07, 6.45) is 2.44. The lowest BCUT2D eigenvalue weighted by molar-refractivity contribution is 0.818. The molecular weight excluding hydrogens is 318 g/mol. The maximum Gasteiger partial charge on any atom is 0.0551 e. The van der Waals surface area contributed by atoms with E-state index in [1.54, 1.807) is 0 Å². The molecule has 0 atom stereocenters. The first-order valence-electron chi connectivity index (χ1n) is 6.60. The third kappa shape index (κ3) is 2.67. The Hall–Kier alpha value is -0.930. The Morgan fingerprint density at radius 1 is 0.895 bits per heavy atom. The molecule has 98 valence electrons. The van der Waals surface area contributed by atoms with Crippen LogP contribution in [0.1, 0.15) is 12.8 Å². The summed E-state index contributed by atoms with van der Waals surface area (Å²) in [4.78, 5) is 1.36. The molecule has 0 amide bonds. The lowest BCUT2D eigenvalue weighted by Crippen LogP contribution is -2.19. The number of hydrogen-bond donors (Lipinski definition) is 0. The molecule has 1 nitrogen and oxygen atoms in total. The van der Waals surface area contributed by atoms with Gasteiger partial charge < -0.3 is 4.31 Å². The molecule has 3 heteroatoms. The van der Waals surface area contributed by atoms with Crippen LogP contribution in [0, 0.1) is 0 Å². The van der Waals surface area contributed by atoms with Crippen molar-refractivity contribution >= 4 is 33.6 Å². The molecule has 0 N–H and O–H groups in total. The van der Waals surface area contributed by atoms with E-state index in [9.17, 15) is 0 Å². The maximum absolute atomic E-state index is 3.51. The monoisotopic (exact) mass is 333 g/mol. The van der Waals surface area contributed by atoms with E-state index >= 15 is 0 Å². The molecule has 0 aromatic heterocycles. The second kappa shape index (κ2) is 6.02. The van der Waals surface area contributed by atoms with Gasteiger partial charge in [0.1, 0.15) is 0 Å². The molecule has 0 fully saturated rings. The Bertz CT molecular complexity index is 570. The minimum Gasteiger partial charge on any atom is -0.312 e. The Kier molecular flexibility index (Phi) is 4.14. The minimum absolute atomic E-state index is 1.09. The fraction of sp³-hybridized carbons (Fsp3) is 0.250. The van der Waals surface area contributed by atoms with Crippen LogP contribution in [0.25, 0.3) is 11.1 Å². The van der Waals surface area contributed by atoms with E-state index in [-0.39, 0.29) is 0 Å². The molecule has 2 aromatic carbocycles. The van der Waals surface area contributed by atoms with Gasteiger partial charge in [0, 0.05) is 22.3 Å². The third-order valence-electron chi connectivity index (χ3n) is 3.30. The quantitative estimate of drug-likeness (QED) is 0.421. The molecule has 0 aliphatic carbocycles. The zero-order valence-electron chi connectivity index (χ0n) is 10.7. The number of benzene rings is 2. The number of halogens is 1. The van der Waals surface area contributed by atoms with Crippen LogP contribution in [0.2, 0.25) is 0 Å². The third-order valence-corrected chi connectivity index (χ3v) is 5.02. The molecule has 0 unspecified atom stereocenters. The second-order valence-corrected chi connectivity index (χ2v) is 6.46. The first kappa shape index (κ1) is 13.1. The Balaban J connectivity index is 1.95. The highest BCUT2D eigenvalue weighted by molar-refractivity contribution is 9.09. The van der Waals surface area contributed by atoms with Crippen LogP contribution >= 0.6 is 27.9 Å². The number of anilines is 1. The van der Waals surface area contributed by atoms with Crippen LogP contribution in [-0.2, 0) is 0 Å². The van der Waals surface area contributed by atoms with Gasteiger partial charge in [-0.3, -0.25) is 0 Å². The Morgan fingerprint density at radius 2 is 1.63 bits per heavy atom. The molecule has 19 heavy (non-hydrogen) atoms. The van der Waals surface area contributed by atoms with Gasteiger partial charge in [-0.1, -0.05) is 52.3 Å². The van der Waals surface area contributed by atoms with Crippen molar-refractivity contribution in [2.75, 3.05) is 16.2 Å². The molecule has 3 rings (SSSR count). The van der Waals surface area contributed by atoms with Crippen molar-refractivity contribution in [1.29, 1.82) is 0 Å². The lowest BCUT2D eigenvalue weighted by Gasteiger charge is -2.31. The average molecular weight is 334 g/mol. The van der Waals surface area contributed by atoms with Gasteiger partial charge in [0.2, 0.25) is 0 Å². The van der Waals surface area contributed by atoms with Crippen LogP contribution in [-0.4, -0.2) is 11.9 Å². The van der Waals surface area contributed by atoms with Crippen molar-refractivity contribution in [3.63, 3.8) is 0 Å². The highest BCUT2D eigenvalue weighted by Crippen LogP contribution is 2.45. The molecule has 0 bridgehead atoms. The summed E-state index contributed by atoms with van der Waals surface area (Å²) in [6, 6.07) is 17.4. The number of nitrogens with zero attached hydrogens (tertiary/aromatic N) is 1. The number of rotatable bonds is 4. The van der Waals surface area contributed by atoms with Gasteiger partial charge in [0.15, 0.2) is 0 Å². The van der Waals surface area contributed by atoms with E-state index in [4.69, 9.17) is 0 Å². The first-order chi connectivity index (χ1) is 9.40. The molecule has 2 aromatic rings. The summed E-state index contributed by atoms with van der Waals surface area (Å²) in [5, 5.41) is 1.09. The van der Waals surface area contributed by atoms with E-state index in [1.807, 2.05) is 11.9 Å². The molecule has 0 saturated carbocycles. The zero-order chi connectivity index (χ0) is 13.1. The van der Waals surface area contributed by atoms with Crippen LogP contribution in [0.5, 0.6) is 0 Å². The molecule has 0 spiro atoms. The smallest absolute Gasteiger partial charge is 0.0551 e. The van der Waals surface area contributed by atoms with E-state index in [1.165, 1.54) is 34.6 Å². The van der Waals surface area contributed by atoms with Crippen LogP contribution in [0.15, 0.2) is 53.4 Å². The Labute approximate surface area is 127 Å². The molecular formula is C16H16BrNS. The van der Waals surface area contributed by atoms with Crippen molar-refractivity contribution < 1.29 is 0 Å². The summed E-state index contributed by atoms with van der Waals surface area (Å²) in [5.41, 5.74) is 4.07. The highest BCUT2D eigenvalue weighted by Gasteiger charge is 2.21. The van der Waals surface area contributed by atoms with Crippen LogP contribution < -0.4 is 4.31 Å². The van der Waals surface area contributed by atoms with Crippen LogP contribution in [0.4, 0.5) is 5.69 Å². The van der Waals surface area contributed by atoms with Gasteiger partial charge >= 0.3 is 0 Å². The van der Waals surface area contributed by atoms with Gasteiger partial charge in [0.05, 0.1) is 5.69 Å². The largest absolute Gasteiger partial charge is 0.312 e. The van der Waals surface area contributed by atoms with Crippen molar-refractivity contribution in [3.8, 4) is 11.1 Å². The van der Waals surface area contributed by atoms with Gasteiger partial charge in [-0.05, 0) is 42.5 Å². The van der Waals surface area contributed by atoms with Crippen molar-refractivity contribution in [2.24, 2.45) is 0 Å². The number of hydrogen-bond acceptors (Lipinski definition) is 2. The fourth-order valence-electron chi connectivity index (χ4n) is 2.37. The van der Waals surface area contributed by atoms with Gasteiger partial charge in [-0.25, -0.2) is 0 Å². The summed E-state index contributed by atoms with van der Waals surface area (Å²) in [5.74, 6) is 0. The Morgan fingerprint density at radius 3 is 2.47 bits per heavy atom. The van der Waals surface area contributed by atoms with E-state index in [0.29, 0.717) is 0 Å². The summed E-state index contributed by atoms with van der Waals surface area (Å²) < 4.78 is 2.43. The zero-order valence-corrected chi connectivity index (χ0v) is 13.1. The second-order valence-electron chi connectivity index (χ2n) is 4.60. The van der Waals surface area contributed by atoms with E-state index in [0.717, 1.165) is 11.9 Å². The SMILES string of the molecule is BrCCCCN1Sc2ccccc2-c2ccccc21. The van der Waals surface area contributed by atoms with E-state index < -0.39 is 0 Å². The average Bonchev–Trinajstić information content (AvgIpc) is 2.47. The number of alkyl halides is 1. The van der Waals surface area contributed by atoms with Gasteiger partial charge in [-0.2, -0.15) is 0 Å². The number of para-hydroxylation sites is 1. The predicted octanol–water partition coefficient (Wildman–Crippen LogP) is 5.36. The maximum atomic E-state index is 3.51. The first-order valence-corrected chi connectivity index (χ1v) is 8.49. The molecule has 0 saturated heterocycles. The molecule has 0 radical (unpaired) electrons. The van der Waals surface area contributed by atoms with Crippen molar-refractivity contribution in [2.45, 2.75) is 17.7 Å². The predicted molar refractivity (Wildman–Crippen MR) is 88.1 cm³/mol. The van der Waals surface area contributed by atoms with E-state index in [2.05, 4.69) is 68.8 Å². The van der Waals surface area contributed by atoms with Gasteiger partial charge in [0.25, 0.3) is 0 Å². The standard InChI is InChI=1S/C16H16BrNS/c17-11-5-6-12-18-15-9-3-1-7-13(15)14-8-2-4-10-16(14)19-18/h1-4,7-10H,5-6,11-12H2. The van der Waals surface area contributed by atoms with Crippen molar-refractivity contribution in [3.05, 3.63) is 48.5 Å². The fourth-order valence-corrected chi connectivity index (χ4v) is 3.90. The number of unbranched alkanes of at least 4 members (excludes halogenated alkanes) is 1. The molecule has 1 aliphatic rings. The summed E-state index contributed by atoms with van der Waals surface area (Å²) >= 11 is 5.37. The molecule has 1 aliphatic heterocycles. The normalized spacial score (nSPS) is 13.0. The topological polar surface area (TPSA) is 3.24 Å². The summed E-state index contributed by atoms with van der Waals surface area (Å²) in [7, 11) is 0. The van der Waals surface area contributed by atoms with Gasteiger partial charge in [-0.15, -0.1) is 0 Å². The highest BCUT2D eigenvalue weighted by atomic mass is 79.9. The molecule has 1 heterocycles. The summed E-state index contributed by atoms with van der Waals surface area (Å²) in [6.45, 7) is 1.10. The number of fused-ring (bicyclic) bond motifs is 3. The minimum atomic E-state index is 1.09. The van der Waals surface area contributed by atoms with Crippen molar-refractivity contribution in [1.82, 2.24) is 0 Å². The van der Waals surface area contributed by atoms with Crippen LogP contribution in [0.3, 0.4) is 0 Å².